The molecule has 0 bridgehead atoms. The fourth-order valence-corrected chi connectivity index (χ4v) is 2.04. The molecule has 1 amide bonds. The maximum Gasteiger partial charge on any atom is 0.252 e. The van der Waals surface area contributed by atoms with E-state index >= 15 is 0 Å². The highest BCUT2D eigenvalue weighted by Crippen LogP contribution is 2.17. The average Bonchev–Trinajstić information content (AvgIpc) is 2.38. The highest BCUT2D eigenvalue weighted by molar-refractivity contribution is 7.84. The predicted molar refractivity (Wildman–Crippen MR) is 79.3 cm³/mol. The molecule has 0 fully saturated rings. The molecule has 0 aliphatic rings. The van der Waals surface area contributed by atoms with Crippen molar-refractivity contribution in [3.05, 3.63) is 22.8 Å². The van der Waals surface area contributed by atoms with Crippen LogP contribution in [0.25, 0.3) is 0 Å². The monoisotopic (exact) mass is 303 g/mol. The highest BCUT2D eigenvalue weighted by atomic mass is 35.5. The lowest BCUT2D eigenvalue weighted by atomic mass is 10.2. The van der Waals surface area contributed by atoms with Crippen LogP contribution in [0.3, 0.4) is 0 Å². The number of amides is 1. The molecule has 1 rings (SSSR count). The zero-order valence-corrected chi connectivity index (χ0v) is 12.8. The van der Waals surface area contributed by atoms with Gasteiger partial charge in [0.1, 0.15) is 5.82 Å². The number of hydrogen-bond donors (Lipinski definition) is 2. The van der Waals surface area contributed by atoms with Crippen molar-refractivity contribution >= 4 is 34.1 Å². The van der Waals surface area contributed by atoms with Gasteiger partial charge in [-0.15, -0.1) is 0 Å². The molecule has 0 radical (unpaired) electrons. The van der Waals surface area contributed by atoms with E-state index in [1.807, 2.05) is 6.92 Å². The lowest BCUT2D eigenvalue weighted by Crippen LogP contribution is -2.27. The molecule has 0 aromatic carbocycles. The number of pyridine rings is 1. The van der Waals surface area contributed by atoms with Crippen molar-refractivity contribution < 1.29 is 9.00 Å². The molecule has 0 saturated carbocycles. The van der Waals surface area contributed by atoms with E-state index in [-0.39, 0.29) is 11.2 Å². The summed E-state index contributed by atoms with van der Waals surface area (Å²) in [4.78, 5) is 16.0. The summed E-state index contributed by atoms with van der Waals surface area (Å²) < 4.78 is 11.2. The smallest absolute Gasteiger partial charge is 0.252 e. The van der Waals surface area contributed by atoms with Crippen molar-refractivity contribution in [1.29, 1.82) is 0 Å². The largest absolute Gasteiger partial charge is 0.373 e. The molecule has 106 valence electrons. The van der Waals surface area contributed by atoms with Crippen LogP contribution in [-0.4, -0.2) is 40.2 Å². The molecule has 5 nitrogen and oxygen atoms in total. The number of carbonyl (C=O) groups excluding carboxylic acids is 1. The Bertz CT molecular complexity index is 482. The van der Waals surface area contributed by atoms with Crippen LogP contribution in [0.4, 0.5) is 5.82 Å². The quantitative estimate of drug-likeness (QED) is 0.838. The first kappa shape index (κ1) is 15.9. The maximum absolute atomic E-state index is 12.0. The summed E-state index contributed by atoms with van der Waals surface area (Å²) in [6, 6.07) is 1.60. The van der Waals surface area contributed by atoms with Gasteiger partial charge in [0.25, 0.3) is 5.91 Å². The lowest BCUT2D eigenvalue weighted by molar-refractivity contribution is 0.0953. The van der Waals surface area contributed by atoms with Crippen molar-refractivity contribution in [3.63, 3.8) is 0 Å². The van der Waals surface area contributed by atoms with Crippen LogP contribution in [0.15, 0.2) is 12.3 Å². The summed E-state index contributed by atoms with van der Waals surface area (Å²) in [7, 11) is 0.842. The van der Waals surface area contributed by atoms with Crippen LogP contribution in [0, 0.1) is 0 Å². The molecule has 19 heavy (non-hydrogen) atoms. The van der Waals surface area contributed by atoms with E-state index in [1.165, 1.54) is 6.20 Å². The van der Waals surface area contributed by atoms with Gasteiger partial charge in [-0.05, 0) is 12.5 Å². The first-order chi connectivity index (χ1) is 8.95. The minimum atomic E-state index is -0.876. The van der Waals surface area contributed by atoms with Crippen LogP contribution in [0.2, 0.25) is 5.02 Å². The maximum atomic E-state index is 12.0. The highest BCUT2D eigenvalue weighted by Gasteiger charge is 2.12. The van der Waals surface area contributed by atoms with Crippen LogP contribution in [0.5, 0.6) is 0 Å². The summed E-state index contributed by atoms with van der Waals surface area (Å²) in [5.74, 6) is 0.329. The van der Waals surface area contributed by atoms with Crippen molar-refractivity contribution in [3.8, 4) is 0 Å². The van der Waals surface area contributed by atoms with E-state index in [1.54, 1.807) is 19.4 Å². The van der Waals surface area contributed by atoms with Gasteiger partial charge < -0.3 is 10.6 Å². The molecule has 0 aliphatic carbocycles. The van der Waals surface area contributed by atoms with Crippen LogP contribution in [-0.2, 0) is 10.8 Å². The molecule has 1 heterocycles. The number of nitrogens with one attached hydrogen (secondary N) is 2. The lowest BCUT2D eigenvalue weighted by Gasteiger charge is -2.10. The Morgan fingerprint density at radius 2 is 2.26 bits per heavy atom. The number of nitrogens with zero attached hydrogens (tertiary/aromatic N) is 1. The second kappa shape index (κ2) is 7.45. The van der Waals surface area contributed by atoms with Gasteiger partial charge >= 0.3 is 0 Å². The molecule has 7 heteroatoms. The molecule has 0 spiro atoms. The Hall–Kier alpha value is -1.14. The van der Waals surface area contributed by atoms with Crippen LogP contribution < -0.4 is 10.6 Å². The normalized spacial score (nSPS) is 13.7. The van der Waals surface area contributed by atoms with Gasteiger partial charge in [-0.2, -0.15) is 0 Å². The topological polar surface area (TPSA) is 71.1 Å². The van der Waals surface area contributed by atoms with Gasteiger partial charge in [-0.25, -0.2) is 4.98 Å². The minimum Gasteiger partial charge on any atom is -0.373 e. The summed E-state index contributed by atoms with van der Waals surface area (Å²) in [5, 5.41) is 5.98. The molecule has 0 aliphatic heterocycles. The summed E-state index contributed by atoms with van der Waals surface area (Å²) in [6.45, 7) is 2.36. The number of aromatic nitrogens is 1. The molecule has 0 saturated heterocycles. The number of hydrogen-bond acceptors (Lipinski definition) is 4. The first-order valence-corrected chi connectivity index (χ1v) is 7.89. The first-order valence-electron chi connectivity index (χ1n) is 5.89. The molecule has 1 aromatic heterocycles. The molecular weight excluding hydrogens is 286 g/mol. The number of rotatable bonds is 6. The van der Waals surface area contributed by atoms with E-state index in [2.05, 4.69) is 15.6 Å². The Kier molecular flexibility index (Phi) is 6.24. The number of halogens is 1. The third kappa shape index (κ3) is 4.80. The van der Waals surface area contributed by atoms with Crippen LogP contribution >= 0.6 is 11.6 Å². The van der Waals surface area contributed by atoms with Gasteiger partial charge in [0.15, 0.2) is 0 Å². The fraction of sp³-hybridized carbons (Fsp3) is 0.500. The molecule has 2 atom stereocenters. The van der Waals surface area contributed by atoms with Crippen molar-refractivity contribution in [2.24, 2.45) is 0 Å². The zero-order valence-electron chi connectivity index (χ0n) is 11.2. The summed E-state index contributed by atoms with van der Waals surface area (Å²) >= 11 is 5.94. The number of carbonyl (C=O) groups is 1. The van der Waals surface area contributed by atoms with E-state index in [0.717, 1.165) is 0 Å². The fourth-order valence-electron chi connectivity index (χ4n) is 1.40. The van der Waals surface area contributed by atoms with Crippen molar-refractivity contribution in [1.82, 2.24) is 10.3 Å². The second-order valence-electron chi connectivity index (χ2n) is 4.15. The van der Waals surface area contributed by atoms with Gasteiger partial charge in [0, 0.05) is 42.1 Å². The molecular formula is C12H18ClN3O2S. The van der Waals surface area contributed by atoms with Gasteiger partial charge in [-0.1, -0.05) is 18.5 Å². The molecule has 2 N–H and O–H groups in total. The Balaban J connectivity index is 2.61. The van der Waals surface area contributed by atoms with Crippen molar-refractivity contribution in [2.45, 2.75) is 18.6 Å². The Labute approximate surface area is 120 Å². The molecule has 2 unspecified atom stereocenters. The molecule has 1 aromatic rings. The third-order valence-corrected chi connectivity index (χ3v) is 4.43. The van der Waals surface area contributed by atoms with E-state index in [4.69, 9.17) is 11.6 Å². The number of anilines is 1. The zero-order chi connectivity index (χ0) is 14.4. The standard InChI is InChI=1S/C12H18ClN3O2S/c1-8(19(3)18)4-5-15-12(17)9-6-11(14-2)16-7-10(9)13/h6-8H,4-5H2,1-3H3,(H,14,16)(H,15,17). The van der Waals surface area contributed by atoms with Gasteiger partial charge in [0.05, 0.1) is 10.6 Å². The minimum absolute atomic E-state index is 0.0566. The SMILES string of the molecule is CNc1cc(C(=O)NCCC(C)S(C)=O)c(Cl)cn1. The summed E-state index contributed by atoms with van der Waals surface area (Å²) in [6.07, 6.45) is 3.76. The Morgan fingerprint density at radius 3 is 2.84 bits per heavy atom. The van der Waals surface area contributed by atoms with E-state index in [0.29, 0.717) is 29.4 Å². The van der Waals surface area contributed by atoms with Crippen molar-refractivity contribution in [2.75, 3.05) is 25.2 Å². The third-order valence-electron chi connectivity index (χ3n) is 2.76. The summed E-state index contributed by atoms with van der Waals surface area (Å²) in [5.41, 5.74) is 0.381. The van der Waals surface area contributed by atoms with E-state index in [9.17, 15) is 9.00 Å². The Morgan fingerprint density at radius 1 is 1.58 bits per heavy atom. The average molecular weight is 304 g/mol. The van der Waals surface area contributed by atoms with Crippen LogP contribution in [0.1, 0.15) is 23.7 Å². The van der Waals surface area contributed by atoms with Gasteiger partial charge in [0.2, 0.25) is 0 Å². The van der Waals surface area contributed by atoms with E-state index < -0.39 is 10.8 Å². The second-order valence-corrected chi connectivity index (χ2v) is 6.36. The predicted octanol–water partition coefficient (Wildman–Crippen LogP) is 1.66. The van der Waals surface area contributed by atoms with Gasteiger partial charge in [-0.3, -0.25) is 9.00 Å².